The highest BCUT2D eigenvalue weighted by Gasteiger charge is 2.14. The monoisotopic (exact) mass is 435 g/mol. The van der Waals surface area contributed by atoms with Crippen molar-refractivity contribution in [3.05, 3.63) is 87.7 Å². The highest BCUT2D eigenvalue weighted by molar-refractivity contribution is 7.10. The van der Waals surface area contributed by atoms with Crippen molar-refractivity contribution in [2.24, 2.45) is 5.10 Å². The lowest BCUT2D eigenvalue weighted by molar-refractivity contribution is -0.117. The molecule has 0 unspecified atom stereocenters. The number of phenolic OH excluding ortho intramolecular Hbond substituents is 1. The average Bonchev–Trinajstić information content (AvgIpc) is 3.29. The van der Waals surface area contributed by atoms with E-state index in [2.05, 4.69) is 15.8 Å². The Morgan fingerprint density at radius 3 is 2.65 bits per heavy atom. The van der Waals surface area contributed by atoms with Crippen LogP contribution in [-0.2, 0) is 4.79 Å². The largest absolute Gasteiger partial charge is 0.507 e. The van der Waals surface area contributed by atoms with Crippen LogP contribution in [-0.4, -0.2) is 29.7 Å². The van der Waals surface area contributed by atoms with Crippen LogP contribution in [0.15, 0.2) is 76.8 Å². The Balaban J connectivity index is 1.75. The molecule has 3 rings (SSSR count). The molecule has 3 N–H and O–H groups in total. The predicted octanol–water partition coefficient (Wildman–Crippen LogP) is 3.77. The number of thiophene rings is 1. The van der Waals surface area contributed by atoms with Crippen LogP contribution >= 0.6 is 11.3 Å². The molecule has 2 amide bonds. The van der Waals surface area contributed by atoms with Gasteiger partial charge in [-0.05, 0) is 54.8 Å². The summed E-state index contributed by atoms with van der Waals surface area (Å²) in [5.41, 5.74) is 3.22. The number of carbonyl (C=O) groups excluding carboxylic acids is 2. The molecule has 8 heteroatoms. The highest BCUT2D eigenvalue weighted by Crippen LogP contribution is 2.21. The van der Waals surface area contributed by atoms with E-state index in [-0.39, 0.29) is 11.4 Å². The molecule has 0 aliphatic carbocycles. The first-order valence-electron chi connectivity index (χ1n) is 9.47. The van der Waals surface area contributed by atoms with E-state index in [0.29, 0.717) is 23.5 Å². The standard InChI is InChI=1S/C23H21N3O4S/c1-2-30-18-10-11-21(27)17(13-18)15-24-26-23(29)20(14-19-9-6-12-31-19)25-22(28)16-7-4-3-5-8-16/h3-15,27H,2H2,1H3,(H,25,28)(H,26,29)/b20-14+,24-15-. The zero-order chi connectivity index (χ0) is 22.1. The van der Waals surface area contributed by atoms with Gasteiger partial charge in [0.05, 0.1) is 12.8 Å². The summed E-state index contributed by atoms with van der Waals surface area (Å²) < 4.78 is 5.40. The first-order valence-corrected chi connectivity index (χ1v) is 10.4. The van der Waals surface area contributed by atoms with Gasteiger partial charge in [0.2, 0.25) is 0 Å². The first kappa shape index (κ1) is 21.8. The number of carbonyl (C=O) groups is 2. The van der Waals surface area contributed by atoms with Gasteiger partial charge in [-0.15, -0.1) is 11.3 Å². The zero-order valence-electron chi connectivity index (χ0n) is 16.7. The van der Waals surface area contributed by atoms with Gasteiger partial charge in [0.1, 0.15) is 17.2 Å². The van der Waals surface area contributed by atoms with Gasteiger partial charge in [-0.25, -0.2) is 5.43 Å². The molecule has 0 spiro atoms. The lowest BCUT2D eigenvalue weighted by atomic mass is 10.2. The zero-order valence-corrected chi connectivity index (χ0v) is 17.6. The van der Waals surface area contributed by atoms with E-state index in [1.54, 1.807) is 48.5 Å². The van der Waals surface area contributed by atoms with Gasteiger partial charge >= 0.3 is 0 Å². The van der Waals surface area contributed by atoms with Crippen molar-refractivity contribution >= 4 is 35.4 Å². The molecule has 0 aliphatic rings. The molecule has 0 aliphatic heterocycles. The number of hydrazone groups is 1. The maximum atomic E-state index is 12.7. The van der Waals surface area contributed by atoms with E-state index < -0.39 is 11.8 Å². The fourth-order valence-electron chi connectivity index (χ4n) is 2.57. The Labute approximate surface area is 183 Å². The third kappa shape index (κ3) is 6.28. The molecule has 1 heterocycles. The Hall–Kier alpha value is -3.91. The van der Waals surface area contributed by atoms with Crippen molar-refractivity contribution in [1.29, 1.82) is 0 Å². The van der Waals surface area contributed by atoms with Crippen molar-refractivity contribution in [2.75, 3.05) is 6.61 Å². The molecule has 0 radical (unpaired) electrons. The molecule has 7 nitrogen and oxygen atoms in total. The molecule has 158 valence electrons. The van der Waals surface area contributed by atoms with Crippen LogP contribution in [0.1, 0.15) is 27.7 Å². The minimum absolute atomic E-state index is 0.00631. The number of ether oxygens (including phenoxy) is 1. The molecule has 3 aromatic rings. The molecule has 0 atom stereocenters. The molecular weight excluding hydrogens is 414 g/mol. The topological polar surface area (TPSA) is 100 Å². The van der Waals surface area contributed by atoms with Crippen molar-refractivity contribution in [1.82, 2.24) is 10.7 Å². The van der Waals surface area contributed by atoms with Crippen LogP contribution in [0.3, 0.4) is 0 Å². The van der Waals surface area contributed by atoms with Gasteiger partial charge in [-0.3, -0.25) is 9.59 Å². The number of hydrogen-bond acceptors (Lipinski definition) is 6. The van der Waals surface area contributed by atoms with E-state index in [4.69, 9.17) is 4.74 Å². The lowest BCUT2D eigenvalue weighted by Gasteiger charge is -2.09. The smallest absolute Gasteiger partial charge is 0.287 e. The van der Waals surface area contributed by atoms with Crippen molar-refractivity contribution in [3.63, 3.8) is 0 Å². The van der Waals surface area contributed by atoms with Crippen LogP contribution in [0.4, 0.5) is 0 Å². The Morgan fingerprint density at radius 2 is 1.94 bits per heavy atom. The summed E-state index contributed by atoms with van der Waals surface area (Å²) in [6, 6.07) is 17.0. The van der Waals surface area contributed by atoms with Gasteiger partial charge in [-0.2, -0.15) is 5.10 Å². The van der Waals surface area contributed by atoms with Gasteiger partial charge in [0, 0.05) is 16.0 Å². The number of nitrogens with one attached hydrogen (secondary N) is 2. The maximum Gasteiger partial charge on any atom is 0.287 e. The predicted molar refractivity (Wildman–Crippen MR) is 121 cm³/mol. The molecule has 0 saturated carbocycles. The summed E-state index contributed by atoms with van der Waals surface area (Å²) in [6.07, 6.45) is 2.88. The third-order valence-electron chi connectivity index (χ3n) is 4.04. The van der Waals surface area contributed by atoms with Gasteiger partial charge in [-0.1, -0.05) is 24.3 Å². The van der Waals surface area contributed by atoms with E-state index in [9.17, 15) is 14.7 Å². The highest BCUT2D eigenvalue weighted by atomic mass is 32.1. The summed E-state index contributed by atoms with van der Waals surface area (Å²) in [5, 5.41) is 18.4. The van der Waals surface area contributed by atoms with E-state index in [1.165, 1.54) is 23.6 Å². The number of amides is 2. The van der Waals surface area contributed by atoms with Crippen LogP contribution in [0, 0.1) is 0 Å². The fraction of sp³-hybridized carbons (Fsp3) is 0.0870. The van der Waals surface area contributed by atoms with Crippen LogP contribution in [0.25, 0.3) is 6.08 Å². The third-order valence-corrected chi connectivity index (χ3v) is 4.86. The summed E-state index contributed by atoms with van der Waals surface area (Å²) in [4.78, 5) is 26.0. The number of hydrogen-bond donors (Lipinski definition) is 3. The number of phenols is 1. The Bertz CT molecular complexity index is 1090. The normalized spacial score (nSPS) is 11.3. The van der Waals surface area contributed by atoms with Crippen molar-refractivity contribution in [3.8, 4) is 11.5 Å². The second kappa shape index (κ2) is 10.7. The van der Waals surface area contributed by atoms with E-state index in [0.717, 1.165) is 4.88 Å². The van der Waals surface area contributed by atoms with Crippen LogP contribution in [0.5, 0.6) is 11.5 Å². The van der Waals surface area contributed by atoms with Crippen molar-refractivity contribution in [2.45, 2.75) is 6.92 Å². The number of benzene rings is 2. The molecule has 31 heavy (non-hydrogen) atoms. The quantitative estimate of drug-likeness (QED) is 0.285. The lowest BCUT2D eigenvalue weighted by Crippen LogP contribution is -2.32. The summed E-state index contributed by atoms with van der Waals surface area (Å²) in [7, 11) is 0. The Kier molecular flexibility index (Phi) is 7.56. The minimum atomic E-state index is -0.602. The number of aromatic hydroxyl groups is 1. The van der Waals surface area contributed by atoms with E-state index in [1.807, 2.05) is 24.4 Å². The van der Waals surface area contributed by atoms with Crippen LogP contribution in [0.2, 0.25) is 0 Å². The second-order valence-electron chi connectivity index (χ2n) is 6.25. The van der Waals surface area contributed by atoms with Crippen molar-refractivity contribution < 1.29 is 19.4 Å². The minimum Gasteiger partial charge on any atom is -0.507 e. The summed E-state index contributed by atoms with van der Waals surface area (Å²) in [5.74, 6) is -0.450. The molecule has 0 fully saturated rings. The molecule has 1 aromatic heterocycles. The maximum absolute atomic E-state index is 12.7. The number of nitrogens with zero attached hydrogens (tertiary/aromatic N) is 1. The average molecular weight is 436 g/mol. The van der Waals surface area contributed by atoms with Gasteiger partial charge in [0.25, 0.3) is 11.8 Å². The second-order valence-corrected chi connectivity index (χ2v) is 7.23. The fourth-order valence-corrected chi connectivity index (χ4v) is 3.23. The SMILES string of the molecule is CCOc1ccc(O)c(/C=N\NC(=O)/C(=C\c2cccs2)NC(=O)c2ccccc2)c1. The Morgan fingerprint density at radius 1 is 1.13 bits per heavy atom. The number of rotatable bonds is 8. The molecular formula is C23H21N3O4S. The van der Waals surface area contributed by atoms with Crippen LogP contribution < -0.4 is 15.5 Å². The van der Waals surface area contributed by atoms with Gasteiger partial charge in [0.15, 0.2) is 0 Å². The van der Waals surface area contributed by atoms with E-state index >= 15 is 0 Å². The molecule has 2 aromatic carbocycles. The van der Waals surface area contributed by atoms with Gasteiger partial charge < -0.3 is 15.2 Å². The first-order chi connectivity index (χ1) is 15.1. The molecule has 0 saturated heterocycles. The summed E-state index contributed by atoms with van der Waals surface area (Å²) in [6.45, 7) is 2.34. The summed E-state index contributed by atoms with van der Waals surface area (Å²) >= 11 is 1.43. The molecule has 0 bridgehead atoms.